The molecule has 2 nitrogen and oxygen atoms in total. The standard InChI is InChI=1S/C4H9NO/c1-4(3-5)6-2/h3H,5H2,1-2H3/b4-3-. The highest BCUT2D eigenvalue weighted by Crippen LogP contribution is 1.84. The van der Waals surface area contributed by atoms with Gasteiger partial charge in [-0.15, -0.1) is 0 Å². The molecule has 0 aliphatic heterocycles. The normalized spacial score (nSPS) is 11.3. The van der Waals surface area contributed by atoms with Crippen LogP contribution in [0.15, 0.2) is 12.0 Å². The second-order valence-electron chi connectivity index (χ2n) is 0.981. The Morgan fingerprint density at radius 3 is 2.33 bits per heavy atom. The molecular formula is C4H9NO. The smallest absolute Gasteiger partial charge is 0.108 e. The van der Waals surface area contributed by atoms with Gasteiger partial charge in [0.2, 0.25) is 0 Å². The van der Waals surface area contributed by atoms with Gasteiger partial charge in [0.25, 0.3) is 0 Å². The number of ether oxygens (including phenoxy) is 1. The molecule has 0 heterocycles. The lowest BCUT2D eigenvalue weighted by molar-refractivity contribution is 0.292. The van der Waals surface area contributed by atoms with Gasteiger partial charge in [-0.2, -0.15) is 0 Å². The van der Waals surface area contributed by atoms with Gasteiger partial charge in [-0.3, -0.25) is 0 Å². The Bertz CT molecular complexity index is 58.6. The van der Waals surface area contributed by atoms with E-state index < -0.39 is 0 Å². The fourth-order valence-electron chi connectivity index (χ4n) is 0.0680. The fraction of sp³-hybridized carbons (Fsp3) is 0.500. The summed E-state index contributed by atoms with van der Waals surface area (Å²) in [5.41, 5.74) is 5.00. The Labute approximate surface area is 37.6 Å². The third-order valence-electron chi connectivity index (χ3n) is 0.557. The fourth-order valence-corrected chi connectivity index (χ4v) is 0.0680. The van der Waals surface area contributed by atoms with Crippen LogP contribution in [0.2, 0.25) is 0 Å². The summed E-state index contributed by atoms with van der Waals surface area (Å²) >= 11 is 0. The van der Waals surface area contributed by atoms with Crippen LogP contribution >= 0.6 is 0 Å². The van der Waals surface area contributed by atoms with Gasteiger partial charge in [0.15, 0.2) is 0 Å². The molecule has 2 heteroatoms. The molecule has 0 atom stereocenters. The molecular weight excluding hydrogens is 78.0 g/mol. The predicted octanol–water partition coefficient (Wildman–Crippen LogP) is 0.453. The van der Waals surface area contributed by atoms with Crippen molar-refractivity contribution in [1.82, 2.24) is 0 Å². The summed E-state index contributed by atoms with van der Waals surface area (Å²) in [4.78, 5) is 0. The molecule has 0 aromatic rings. The minimum Gasteiger partial charge on any atom is -0.500 e. The first kappa shape index (κ1) is 5.34. The van der Waals surface area contributed by atoms with Gasteiger partial charge in [-0.25, -0.2) is 0 Å². The SMILES string of the molecule is CO/C(C)=C\N. The number of rotatable bonds is 1. The van der Waals surface area contributed by atoms with Crippen LogP contribution < -0.4 is 5.73 Å². The molecule has 36 valence electrons. The van der Waals surface area contributed by atoms with E-state index in [0.717, 1.165) is 5.76 Å². The lowest BCUT2D eigenvalue weighted by Crippen LogP contribution is -1.84. The first-order valence-corrected chi connectivity index (χ1v) is 1.73. The van der Waals surface area contributed by atoms with Crippen molar-refractivity contribution in [1.29, 1.82) is 0 Å². The van der Waals surface area contributed by atoms with Gasteiger partial charge in [-0.1, -0.05) is 0 Å². The molecule has 0 amide bonds. The lowest BCUT2D eigenvalue weighted by Gasteiger charge is -1.91. The molecule has 0 bridgehead atoms. The lowest BCUT2D eigenvalue weighted by atomic mass is 10.6. The van der Waals surface area contributed by atoms with Crippen LogP contribution in [0.3, 0.4) is 0 Å². The Hall–Kier alpha value is -0.660. The largest absolute Gasteiger partial charge is 0.500 e. The van der Waals surface area contributed by atoms with E-state index in [-0.39, 0.29) is 0 Å². The van der Waals surface area contributed by atoms with Crippen molar-refractivity contribution < 1.29 is 4.74 Å². The Morgan fingerprint density at radius 2 is 2.33 bits per heavy atom. The molecule has 0 fully saturated rings. The highest BCUT2D eigenvalue weighted by molar-refractivity contribution is 4.81. The number of allylic oxidation sites excluding steroid dienone is 1. The van der Waals surface area contributed by atoms with Crippen LogP contribution in [0.1, 0.15) is 6.92 Å². The maximum atomic E-state index is 5.00. The van der Waals surface area contributed by atoms with Gasteiger partial charge in [0, 0.05) is 6.20 Å². The topological polar surface area (TPSA) is 35.2 Å². The first-order chi connectivity index (χ1) is 2.81. The summed E-state index contributed by atoms with van der Waals surface area (Å²) in [7, 11) is 1.58. The van der Waals surface area contributed by atoms with Crippen molar-refractivity contribution in [2.75, 3.05) is 7.11 Å². The van der Waals surface area contributed by atoms with Crippen molar-refractivity contribution in [2.24, 2.45) is 5.73 Å². The average Bonchev–Trinajstić information content (AvgIpc) is 1.65. The molecule has 0 rings (SSSR count). The average molecular weight is 87.1 g/mol. The molecule has 0 aliphatic rings. The highest BCUT2D eigenvalue weighted by Gasteiger charge is 1.72. The van der Waals surface area contributed by atoms with E-state index >= 15 is 0 Å². The van der Waals surface area contributed by atoms with Gasteiger partial charge >= 0.3 is 0 Å². The molecule has 0 spiro atoms. The van der Waals surface area contributed by atoms with Crippen LogP contribution in [0.4, 0.5) is 0 Å². The summed E-state index contributed by atoms with van der Waals surface area (Å²) in [5.74, 6) is 0.745. The van der Waals surface area contributed by atoms with Crippen molar-refractivity contribution >= 4 is 0 Å². The van der Waals surface area contributed by atoms with E-state index in [1.165, 1.54) is 6.20 Å². The van der Waals surface area contributed by atoms with Crippen LogP contribution in [-0.4, -0.2) is 7.11 Å². The maximum absolute atomic E-state index is 5.00. The monoisotopic (exact) mass is 87.1 g/mol. The summed E-state index contributed by atoms with van der Waals surface area (Å²) in [6, 6.07) is 0. The van der Waals surface area contributed by atoms with Crippen LogP contribution in [0, 0.1) is 0 Å². The van der Waals surface area contributed by atoms with E-state index in [1.807, 2.05) is 0 Å². The first-order valence-electron chi connectivity index (χ1n) is 1.73. The molecule has 0 aromatic heterocycles. The van der Waals surface area contributed by atoms with Crippen molar-refractivity contribution in [2.45, 2.75) is 6.92 Å². The number of hydrogen-bond acceptors (Lipinski definition) is 2. The number of nitrogens with two attached hydrogens (primary N) is 1. The summed E-state index contributed by atoms with van der Waals surface area (Å²) in [6.07, 6.45) is 1.42. The van der Waals surface area contributed by atoms with Crippen LogP contribution in [0.5, 0.6) is 0 Å². The molecule has 0 aliphatic carbocycles. The Morgan fingerprint density at radius 1 is 1.83 bits per heavy atom. The van der Waals surface area contributed by atoms with Gasteiger partial charge in [-0.05, 0) is 6.92 Å². The molecule has 0 unspecified atom stereocenters. The van der Waals surface area contributed by atoms with Gasteiger partial charge in [0.1, 0.15) is 5.76 Å². The van der Waals surface area contributed by atoms with Crippen molar-refractivity contribution in [3.63, 3.8) is 0 Å². The summed E-state index contributed by atoms with van der Waals surface area (Å²) in [5, 5.41) is 0. The Kier molecular flexibility index (Phi) is 2.29. The minimum absolute atomic E-state index is 0.745. The van der Waals surface area contributed by atoms with E-state index in [0.29, 0.717) is 0 Å². The number of hydrogen-bond donors (Lipinski definition) is 1. The van der Waals surface area contributed by atoms with Gasteiger partial charge < -0.3 is 10.5 Å². The van der Waals surface area contributed by atoms with E-state index in [1.54, 1.807) is 14.0 Å². The van der Waals surface area contributed by atoms with Gasteiger partial charge in [0.05, 0.1) is 7.11 Å². The minimum atomic E-state index is 0.745. The van der Waals surface area contributed by atoms with Crippen molar-refractivity contribution in [3.8, 4) is 0 Å². The summed E-state index contributed by atoms with van der Waals surface area (Å²) in [6.45, 7) is 1.79. The van der Waals surface area contributed by atoms with Crippen molar-refractivity contribution in [3.05, 3.63) is 12.0 Å². The van der Waals surface area contributed by atoms with Crippen LogP contribution in [-0.2, 0) is 4.74 Å². The quantitative estimate of drug-likeness (QED) is 0.471. The predicted molar refractivity (Wildman–Crippen MR) is 25.0 cm³/mol. The molecule has 6 heavy (non-hydrogen) atoms. The number of methoxy groups -OCH3 is 1. The zero-order valence-electron chi connectivity index (χ0n) is 4.06. The molecule has 0 radical (unpaired) electrons. The summed E-state index contributed by atoms with van der Waals surface area (Å²) < 4.78 is 4.64. The third-order valence-corrected chi connectivity index (χ3v) is 0.557. The van der Waals surface area contributed by atoms with E-state index in [2.05, 4.69) is 4.74 Å². The zero-order valence-corrected chi connectivity index (χ0v) is 4.06. The van der Waals surface area contributed by atoms with E-state index in [9.17, 15) is 0 Å². The molecule has 0 aromatic carbocycles. The second kappa shape index (κ2) is 2.57. The molecule has 2 N–H and O–H groups in total. The highest BCUT2D eigenvalue weighted by atomic mass is 16.5. The maximum Gasteiger partial charge on any atom is 0.108 e. The van der Waals surface area contributed by atoms with E-state index in [4.69, 9.17) is 5.73 Å². The molecule has 0 saturated heterocycles. The molecule has 0 saturated carbocycles. The third kappa shape index (κ3) is 1.64. The second-order valence-corrected chi connectivity index (χ2v) is 0.981. The zero-order chi connectivity index (χ0) is 4.99. The Balaban J connectivity index is 3.22. The van der Waals surface area contributed by atoms with Crippen LogP contribution in [0.25, 0.3) is 0 Å².